The topological polar surface area (TPSA) is 52.3 Å². The van der Waals surface area contributed by atoms with Crippen molar-refractivity contribution in [1.29, 1.82) is 0 Å². The first-order valence-corrected chi connectivity index (χ1v) is 3.90. The summed E-state index contributed by atoms with van der Waals surface area (Å²) in [4.78, 5) is 14.4. The monoisotopic (exact) mass is 173 g/mol. The summed E-state index contributed by atoms with van der Waals surface area (Å²) < 4.78 is 9.29. The zero-order valence-electron chi connectivity index (χ0n) is 5.94. The van der Waals surface area contributed by atoms with Gasteiger partial charge < -0.3 is 9.15 Å². The third-order valence-electron chi connectivity index (χ3n) is 0.951. The summed E-state index contributed by atoms with van der Waals surface area (Å²) in [7, 11) is 1.35. The molecule has 0 N–H and O–H groups in total. The van der Waals surface area contributed by atoms with Gasteiger partial charge in [0.1, 0.15) is 12.0 Å². The third kappa shape index (κ3) is 2.63. The second kappa shape index (κ2) is 4.02. The maximum atomic E-state index is 10.6. The van der Waals surface area contributed by atoms with Gasteiger partial charge in [0.15, 0.2) is 0 Å². The Morgan fingerprint density at radius 2 is 2.73 bits per heavy atom. The molecule has 4 nitrogen and oxygen atoms in total. The first-order chi connectivity index (χ1) is 5.33. The van der Waals surface area contributed by atoms with E-state index in [-0.39, 0.29) is 11.7 Å². The molecule has 1 heterocycles. The van der Waals surface area contributed by atoms with Gasteiger partial charge >= 0.3 is 5.97 Å². The van der Waals surface area contributed by atoms with Crippen LogP contribution in [-0.2, 0) is 9.53 Å². The number of oxazole rings is 1. The number of methoxy groups -OCH3 is 1. The van der Waals surface area contributed by atoms with Crippen molar-refractivity contribution in [3.05, 3.63) is 12.5 Å². The summed E-state index contributed by atoms with van der Waals surface area (Å²) in [5.74, 6) is -0.0509. The van der Waals surface area contributed by atoms with Crippen LogP contribution in [0.5, 0.6) is 0 Å². The molecule has 11 heavy (non-hydrogen) atoms. The SMILES string of the molecule is COC(=O)CSc1ncco1. The van der Waals surface area contributed by atoms with Crippen LogP contribution in [0.15, 0.2) is 22.1 Å². The van der Waals surface area contributed by atoms with E-state index >= 15 is 0 Å². The number of thioether (sulfide) groups is 1. The summed E-state index contributed by atoms with van der Waals surface area (Å²) in [6, 6.07) is 0. The molecule has 0 unspecified atom stereocenters. The maximum absolute atomic E-state index is 10.6. The van der Waals surface area contributed by atoms with E-state index in [1.807, 2.05) is 0 Å². The first kappa shape index (κ1) is 8.13. The Morgan fingerprint density at radius 1 is 1.91 bits per heavy atom. The average Bonchev–Trinajstić information content (AvgIpc) is 2.52. The molecule has 1 aromatic rings. The van der Waals surface area contributed by atoms with Crippen molar-refractivity contribution < 1.29 is 13.9 Å². The normalized spacial score (nSPS) is 9.55. The second-order valence-electron chi connectivity index (χ2n) is 1.66. The van der Waals surface area contributed by atoms with E-state index in [0.29, 0.717) is 5.22 Å². The van der Waals surface area contributed by atoms with Gasteiger partial charge in [0.2, 0.25) is 0 Å². The molecule has 0 atom stereocenters. The van der Waals surface area contributed by atoms with Gasteiger partial charge in [0.05, 0.1) is 13.3 Å². The number of esters is 1. The summed E-state index contributed by atoms with van der Waals surface area (Å²) in [5, 5.41) is 0.482. The second-order valence-corrected chi connectivity index (χ2v) is 2.59. The van der Waals surface area contributed by atoms with Gasteiger partial charge in [-0.3, -0.25) is 4.79 Å². The lowest BCUT2D eigenvalue weighted by atomic mass is 10.8. The highest BCUT2D eigenvalue weighted by atomic mass is 32.2. The van der Waals surface area contributed by atoms with Gasteiger partial charge in [0.25, 0.3) is 5.22 Å². The number of ether oxygens (including phenoxy) is 1. The van der Waals surface area contributed by atoms with E-state index in [1.54, 1.807) is 0 Å². The van der Waals surface area contributed by atoms with Gasteiger partial charge in [-0.1, -0.05) is 11.8 Å². The molecule has 1 aromatic heterocycles. The Balaban J connectivity index is 2.29. The van der Waals surface area contributed by atoms with Crippen LogP contribution in [0, 0.1) is 0 Å². The van der Waals surface area contributed by atoms with Crippen molar-refractivity contribution >= 4 is 17.7 Å². The van der Waals surface area contributed by atoms with Crippen LogP contribution in [0.2, 0.25) is 0 Å². The summed E-state index contributed by atoms with van der Waals surface area (Å²) in [6.07, 6.45) is 2.99. The molecule has 0 aliphatic carbocycles. The Labute approximate surface area is 67.9 Å². The molecule has 1 rings (SSSR count). The maximum Gasteiger partial charge on any atom is 0.316 e. The third-order valence-corrected chi connectivity index (χ3v) is 1.78. The van der Waals surface area contributed by atoms with Crippen LogP contribution in [-0.4, -0.2) is 23.8 Å². The molecule has 0 saturated carbocycles. The van der Waals surface area contributed by atoms with Gasteiger partial charge in [-0.05, 0) is 0 Å². The van der Waals surface area contributed by atoms with Gasteiger partial charge in [-0.15, -0.1) is 0 Å². The van der Waals surface area contributed by atoms with Crippen LogP contribution in [0.1, 0.15) is 0 Å². The quantitative estimate of drug-likeness (QED) is 0.503. The molecule has 0 bridgehead atoms. The highest BCUT2D eigenvalue weighted by Gasteiger charge is 2.03. The van der Waals surface area contributed by atoms with Crippen molar-refractivity contribution in [2.24, 2.45) is 0 Å². The molecule has 0 aliphatic heterocycles. The Bertz CT molecular complexity index is 222. The van der Waals surface area contributed by atoms with Gasteiger partial charge in [-0.2, -0.15) is 0 Å². The minimum atomic E-state index is -0.284. The number of hydrogen-bond acceptors (Lipinski definition) is 5. The molecule has 0 spiro atoms. The lowest BCUT2D eigenvalue weighted by Crippen LogP contribution is -2.02. The fraction of sp³-hybridized carbons (Fsp3) is 0.333. The number of rotatable bonds is 3. The summed E-state index contributed by atoms with van der Waals surface area (Å²) >= 11 is 1.21. The number of carbonyl (C=O) groups is 1. The van der Waals surface area contributed by atoms with Crippen LogP contribution >= 0.6 is 11.8 Å². The van der Waals surface area contributed by atoms with Crippen molar-refractivity contribution in [2.75, 3.05) is 12.9 Å². The van der Waals surface area contributed by atoms with Crippen LogP contribution in [0.25, 0.3) is 0 Å². The molecule has 0 radical (unpaired) electrons. The number of aromatic nitrogens is 1. The molecular weight excluding hydrogens is 166 g/mol. The van der Waals surface area contributed by atoms with Crippen molar-refractivity contribution in [1.82, 2.24) is 4.98 Å². The molecule has 0 amide bonds. The summed E-state index contributed by atoms with van der Waals surface area (Å²) in [5.41, 5.74) is 0. The lowest BCUT2D eigenvalue weighted by Gasteiger charge is -1.93. The van der Waals surface area contributed by atoms with Crippen LogP contribution in [0.3, 0.4) is 0 Å². The number of hydrogen-bond donors (Lipinski definition) is 0. The predicted molar refractivity (Wildman–Crippen MR) is 39.2 cm³/mol. The first-order valence-electron chi connectivity index (χ1n) is 2.92. The van der Waals surface area contributed by atoms with E-state index in [4.69, 9.17) is 4.42 Å². The van der Waals surface area contributed by atoms with Gasteiger partial charge in [0, 0.05) is 0 Å². The minimum Gasteiger partial charge on any atom is -0.468 e. The smallest absolute Gasteiger partial charge is 0.316 e. The van der Waals surface area contributed by atoms with Crippen LogP contribution in [0.4, 0.5) is 0 Å². The molecule has 60 valence electrons. The molecule has 0 fully saturated rings. The van der Waals surface area contributed by atoms with E-state index < -0.39 is 0 Å². The average molecular weight is 173 g/mol. The van der Waals surface area contributed by atoms with Gasteiger partial charge in [-0.25, -0.2) is 4.98 Å². The standard InChI is InChI=1S/C6H7NO3S/c1-9-5(8)4-11-6-7-2-3-10-6/h2-3H,4H2,1H3. The fourth-order valence-corrected chi connectivity index (χ4v) is 1.08. The largest absolute Gasteiger partial charge is 0.468 e. The lowest BCUT2D eigenvalue weighted by molar-refractivity contribution is -0.137. The summed E-state index contributed by atoms with van der Waals surface area (Å²) in [6.45, 7) is 0. The van der Waals surface area contributed by atoms with E-state index in [9.17, 15) is 4.79 Å². The zero-order valence-corrected chi connectivity index (χ0v) is 6.76. The van der Waals surface area contributed by atoms with Crippen molar-refractivity contribution in [2.45, 2.75) is 5.22 Å². The zero-order chi connectivity index (χ0) is 8.10. The number of nitrogens with zero attached hydrogens (tertiary/aromatic N) is 1. The highest BCUT2D eigenvalue weighted by Crippen LogP contribution is 2.13. The van der Waals surface area contributed by atoms with Crippen LogP contribution < -0.4 is 0 Å². The Kier molecular flexibility index (Phi) is 2.97. The molecule has 5 heteroatoms. The van der Waals surface area contributed by atoms with E-state index in [1.165, 1.54) is 31.3 Å². The molecular formula is C6H7NO3S. The van der Waals surface area contributed by atoms with Crippen molar-refractivity contribution in [3.8, 4) is 0 Å². The Hall–Kier alpha value is -0.970. The highest BCUT2D eigenvalue weighted by molar-refractivity contribution is 7.99. The van der Waals surface area contributed by atoms with E-state index in [0.717, 1.165) is 0 Å². The van der Waals surface area contributed by atoms with Crippen molar-refractivity contribution in [3.63, 3.8) is 0 Å². The predicted octanol–water partition coefficient (Wildman–Crippen LogP) is 0.940. The number of carbonyl (C=O) groups excluding carboxylic acids is 1. The molecule has 0 aromatic carbocycles. The minimum absolute atomic E-state index is 0.233. The van der Waals surface area contributed by atoms with E-state index in [2.05, 4.69) is 9.72 Å². The Morgan fingerprint density at radius 3 is 3.27 bits per heavy atom. The fourth-order valence-electron chi connectivity index (χ4n) is 0.461. The molecule has 0 saturated heterocycles. The molecule has 0 aliphatic rings.